The summed E-state index contributed by atoms with van der Waals surface area (Å²) >= 11 is 0. The van der Waals surface area contributed by atoms with Crippen molar-refractivity contribution in [3.63, 3.8) is 0 Å². The van der Waals surface area contributed by atoms with Crippen LogP contribution in [0.1, 0.15) is 31.1 Å². The zero-order valence-electron chi connectivity index (χ0n) is 8.62. The van der Waals surface area contributed by atoms with Crippen molar-refractivity contribution in [2.75, 3.05) is 0 Å². The molecule has 0 spiro atoms. The Morgan fingerprint density at radius 3 is 2.79 bits per heavy atom. The van der Waals surface area contributed by atoms with Gasteiger partial charge in [-0.25, -0.2) is 4.79 Å². The molecule has 1 aromatic rings. The average Bonchev–Trinajstić information content (AvgIpc) is 2.19. The molecule has 1 N–H and O–H groups in total. The summed E-state index contributed by atoms with van der Waals surface area (Å²) in [6, 6.07) is 3.54. The zero-order chi connectivity index (χ0) is 10.6. The summed E-state index contributed by atoms with van der Waals surface area (Å²) in [4.78, 5) is 11.1. The molecule has 0 saturated heterocycles. The molecule has 3 heteroatoms. The van der Waals surface area contributed by atoms with E-state index in [-0.39, 0.29) is 11.7 Å². The fourth-order valence-electron chi connectivity index (χ4n) is 1.17. The van der Waals surface area contributed by atoms with Crippen LogP contribution in [0.25, 0.3) is 0 Å². The average molecular weight is 196 g/mol. The summed E-state index contributed by atoms with van der Waals surface area (Å²) in [5.74, 6) is 0.646. The minimum absolute atomic E-state index is 0.284. The fraction of sp³-hybridized carbons (Fsp3) is 0.545. The maximum atomic E-state index is 11.1. The molecule has 0 fully saturated rings. The third kappa shape index (κ3) is 3.00. The largest absolute Gasteiger partial charge is 0.428 e. The summed E-state index contributed by atoms with van der Waals surface area (Å²) in [5.41, 5.74) is 0.332. The molecule has 0 amide bonds. The van der Waals surface area contributed by atoms with Gasteiger partial charge in [0.2, 0.25) is 0 Å². The van der Waals surface area contributed by atoms with Crippen LogP contribution in [0.5, 0.6) is 0 Å². The number of rotatable bonds is 4. The van der Waals surface area contributed by atoms with Gasteiger partial charge in [-0.2, -0.15) is 0 Å². The van der Waals surface area contributed by atoms with Crippen molar-refractivity contribution in [3.8, 4) is 0 Å². The van der Waals surface area contributed by atoms with Crippen LogP contribution < -0.4 is 5.63 Å². The lowest BCUT2D eigenvalue weighted by molar-refractivity contribution is 0.158. The molecular formula is C11H16O3. The van der Waals surface area contributed by atoms with Crippen molar-refractivity contribution < 1.29 is 9.52 Å². The Labute approximate surface area is 83.4 Å². The van der Waals surface area contributed by atoms with Crippen molar-refractivity contribution in [3.05, 3.63) is 33.9 Å². The van der Waals surface area contributed by atoms with Crippen molar-refractivity contribution >= 4 is 0 Å². The van der Waals surface area contributed by atoms with Gasteiger partial charge < -0.3 is 9.52 Å². The lowest BCUT2D eigenvalue weighted by Gasteiger charge is -2.05. The molecule has 1 atom stereocenters. The molecule has 14 heavy (non-hydrogen) atoms. The van der Waals surface area contributed by atoms with Crippen LogP contribution in [-0.4, -0.2) is 11.2 Å². The lowest BCUT2D eigenvalue weighted by atomic mass is 10.1. The SMILES string of the molecule is CC[C@H](O)CCc1ccc(C)c(=O)o1. The van der Waals surface area contributed by atoms with E-state index in [1.165, 1.54) is 0 Å². The topological polar surface area (TPSA) is 50.4 Å². The molecule has 1 heterocycles. The molecular weight excluding hydrogens is 180 g/mol. The first-order chi connectivity index (χ1) is 6.63. The number of aryl methyl sites for hydroxylation is 2. The minimum Gasteiger partial charge on any atom is -0.428 e. The predicted octanol–water partition coefficient (Wildman–Crippen LogP) is 1.65. The van der Waals surface area contributed by atoms with Gasteiger partial charge in [0.05, 0.1) is 6.10 Å². The van der Waals surface area contributed by atoms with Gasteiger partial charge in [0.1, 0.15) is 5.76 Å². The molecule has 1 rings (SSSR count). The second-order valence-corrected chi connectivity index (χ2v) is 3.47. The minimum atomic E-state index is -0.304. The van der Waals surface area contributed by atoms with Crippen LogP contribution in [0.2, 0.25) is 0 Å². The van der Waals surface area contributed by atoms with E-state index in [1.807, 2.05) is 6.92 Å². The molecule has 3 nitrogen and oxygen atoms in total. The van der Waals surface area contributed by atoms with E-state index in [1.54, 1.807) is 19.1 Å². The van der Waals surface area contributed by atoms with E-state index in [0.29, 0.717) is 24.2 Å². The highest BCUT2D eigenvalue weighted by Crippen LogP contribution is 2.05. The molecule has 0 saturated carbocycles. The van der Waals surface area contributed by atoms with Crippen LogP contribution >= 0.6 is 0 Å². The van der Waals surface area contributed by atoms with Gasteiger partial charge in [0.25, 0.3) is 0 Å². The molecule has 0 bridgehead atoms. The molecule has 0 aliphatic heterocycles. The monoisotopic (exact) mass is 196 g/mol. The first-order valence-electron chi connectivity index (χ1n) is 4.91. The van der Waals surface area contributed by atoms with E-state index >= 15 is 0 Å². The Bertz CT molecular complexity index is 341. The van der Waals surface area contributed by atoms with Crippen molar-refractivity contribution in [1.29, 1.82) is 0 Å². The van der Waals surface area contributed by atoms with E-state index in [0.717, 1.165) is 6.42 Å². The Kier molecular flexibility index (Phi) is 3.89. The second-order valence-electron chi connectivity index (χ2n) is 3.47. The number of aliphatic hydroxyl groups is 1. The highest BCUT2D eigenvalue weighted by molar-refractivity contribution is 5.09. The van der Waals surface area contributed by atoms with E-state index < -0.39 is 0 Å². The first-order valence-corrected chi connectivity index (χ1v) is 4.91. The third-order valence-corrected chi connectivity index (χ3v) is 2.26. The van der Waals surface area contributed by atoms with Gasteiger partial charge in [-0.15, -0.1) is 0 Å². The molecule has 0 radical (unpaired) electrons. The Morgan fingerprint density at radius 2 is 2.21 bits per heavy atom. The maximum Gasteiger partial charge on any atom is 0.338 e. The predicted molar refractivity (Wildman–Crippen MR) is 54.3 cm³/mol. The van der Waals surface area contributed by atoms with Crippen molar-refractivity contribution in [1.82, 2.24) is 0 Å². The van der Waals surface area contributed by atoms with Gasteiger partial charge in [-0.1, -0.05) is 6.92 Å². The number of aliphatic hydroxyl groups excluding tert-OH is 1. The normalized spacial score (nSPS) is 12.8. The smallest absolute Gasteiger partial charge is 0.338 e. The van der Waals surface area contributed by atoms with Gasteiger partial charge in [-0.3, -0.25) is 0 Å². The van der Waals surface area contributed by atoms with E-state index in [4.69, 9.17) is 4.42 Å². The Balaban J connectivity index is 2.60. The van der Waals surface area contributed by atoms with E-state index in [2.05, 4.69) is 0 Å². The van der Waals surface area contributed by atoms with Crippen LogP contribution in [0.4, 0.5) is 0 Å². The molecule has 0 aromatic carbocycles. The maximum absolute atomic E-state index is 11.1. The summed E-state index contributed by atoms with van der Waals surface area (Å²) in [6.45, 7) is 3.65. The second kappa shape index (κ2) is 4.96. The Hall–Kier alpha value is -1.09. The van der Waals surface area contributed by atoms with Crippen molar-refractivity contribution in [2.24, 2.45) is 0 Å². The third-order valence-electron chi connectivity index (χ3n) is 2.26. The highest BCUT2D eigenvalue weighted by atomic mass is 16.4. The zero-order valence-corrected chi connectivity index (χ0v) is 8.62. The van der Waals surface area contributed by atoms with Gasteiger partial charge >= 0.3 is 5.63 Å². The summed E-state index contributed by atoms with van der Waals surface area (Å²) in [7, 11) is 0. The molecule has 1 aromatic heterocycles. The first kappa shape index (κ1) is 11.0. The number of hydrogen-bond donors (Lipinski definition) is 1. The van der Waals surface area contributed by atoms with Crippen LogP contribution in [0, 0.1) is 6.92 Å². The fourth-order valence-corrected chi connectivity index (χ4v) is 1.17. The standard InChI is InChI=1S/C11H16O3/c1-3-9(12)5-7-10-6-4-8(2)11(13)14-10/h4,6,9,12H,3,5,7H2,1-2H3/t9-/m0/s1. The molecule has 0 unspecified atom stereocenters. The van der Waals surface area contributed by atoms with Crippen LogP contribution in [0.3, 0.4) is 0 Å². The summed E-state index contributed by atoms with van der Waals surface area (Å²) < 4.78 is 5.04. The molecule has 0 aliphatic carbocycles. The van der Waals surface area contributed by atoms with Crippen LogP contribution in [0.15, 0.2) is 21.3 Å². The van der Waals surface area contributed by atoms with Gasteiger partial charge in [-0.05, 0) is 31.9 Å². The van der Waals surface area contributed by atoms with Crippen molar-refractivity contribution in [2.45, 2.75) is 39.2 Å². The van der Waals surface area contributed by atoms with Crippen LogP contribution in [-0.2, 0) is 6.42 Å². The quantitative estimate of drug-likeness (QED) is 0.796. The Morgan fingerprint density at radius 1 is 1.50 bits per heavy atom. The molecule has 78 valence electrons. The van der Waals surface area contributed by atoms with E-state index in [9.17, 15) is 9.90 Å². The highest BCUT2D eigenvalue weighted by Gasteiger charge is 2.04. The van der Waals surface area contributed by atoms with Gasteiger partial charge in [0, 0.05) is 12.0 Å². The number of hydrogen-bond acceptors (Lipinski definition) is 3. The molecule has 0 aliphatic rings. The lowest BCUT2D eigenvalue weighted by Crippen LogP contribution is -2.08. The van der Waals surface area contributed by atoms with Gasteiger partial charge in [0.15, 0.2) is 0 Å². The summed E-state index contributed by atoms with van der Waals surface area (Å²) in [5, 5.41) is 9.32. The summed E-state index contributed by atoms with van der Waals surface area (Å²) in [6.07, 6.45) is 1.69.